The third-order valence-corrected chi connectivity index (χ3v) is 4.93. The fraction of sp³-hybridized carbons (Fsp3) is 0.700. The van der Waals surface area contributed by atoms with Gasteiger partial charge in [0.1, 0.15) is 0 Å². The molecule has 1 fully saturated rings. The van der Waals surface area contributed by atoms with Crippen molar-refractivity contribution in [1.82, 2.24) is 4.98 Å². The number of nitrogens with zero attached hydrogens (tertiary/aromatic N) is 1. The average molecular weight is 244 g/mol. The number of nitrogen functional groups attached to an aromatic ring is 1. The van der Waals surface area contributed by atoms with Crippen molar-refractivity contribution in [1.29, 1.82) is 0 Å². The fourth-order valence-corrected chi connectivity index (χ4v) is 3.76. The van der Waals surface area contributed by atoms with Crippen LogP contribution in [0.5, 0.6) is 0 Å². The van der Waals surface area contributed by atoms with Crippen LogP contribution in [0.1, 0.15) is 25.0 Å². The SMILES string of the molecule is Cc1nc(N)sc1SCC1CCCCO1. The second-order valence-electron chi connectivity index (χ2n) is 3.72. The molecule has 2 rings (SSSR count). The minimum absolute atomic E-state index is 0.423. The Bertz CT molecular complexity index is 321. The maximum atomic E-state index is 5.68. The Morgan fingerprint density at radius 3 is 3.07 bits per heavy atom. The van der Waals surface area contributed by atoms with Crippen molar-refractivity contribution >= 4 is 28.2 Å². The van der Waals surface area contributed by atoms with Crippen LogP contribution in [0.25, 0.3) is 0 Å². The second kappa shape index (κ2) is 5.18. The smallest absolute Gasteiger partial charge is 0.181 e. The number of thioether (sulfide) groups is 1. The number of rotatable bonds is 3. The van der Waals surface area contributed by atoms with Crippen molar-refractivity contribution < 1.29 is 4.74 Å². The molecule has 1 aromatic heterocycles. The molecule has 0 spiro atoms. The zero-order chi connectivity index (χ0) is 10.7. The third kappa shape index (κ3) is 3.09. The van der Waals surface area contributed by atoms with E-state index in [4.69, 9.17) is 10.5 Å². The Morgan fingerprint density at radius 1 is 1.60 bits per heavy atom. The lowest BCUT2D eigenvalue weighted by Gasteiger charge is -2.21. The summed E-state index contributed by atoms with van der Waals surface area (Å²) >= 11 is 3.40. The summed E-state index contributed by atoms with van der Waals surface area (Å²) in [5.41, 5.74) is 6.70. The molecule has 1 saturated heterocycles. The second-order valence-corrected chi connectivity index (χ2v) is 6.04. The Labute approximate surface area is 98.4 Å². The maximum Gasteiger partial charge on any atom is 0.181 e. The van der Waals surface area contributed by atoms with Crippen molar-refractivity contribution in [3.8, 4) is 0 Å². The summed E-state index contributed by atoms with van der Waals surface area (Å²) in [6.07, 6.45) is 4.13. The number of anilines is 1. The van der Waals surface area contributed by atoms with E-state index in [1.54, 1.807) is 11.3 Å². The van der Waals surface area contributed by atoms with Crippen molar-refractivity contribution in [3.63, 3.8) is 0 Å². The number of ether oxygens (including phenoxy) is 1. The quantitative estimate of drug-likeness (QED) is 0.831. The largest absolute Gasteiger partial charge is 0.377 e. The van der Waals surface area contributed by atoms with Gasteiger partial charge < -0.3 is 10.5 Å². The molecule has 0 radical (unpaired) electrons. The first-order valence-corrected chi connectivity index (χ1v) is 7.03. The van der Waals surface area contributed by atoms with Gasteiger partial charge in [-0.2, -0.15) is 0 Å². The standard InChI is InChI=1S/C10H16N2OS2/c1-7-9(15-10(11)12-7)14-6-8-4-2-3-5-13-8/h8H,2-6H2,1H3,(H2,11,12). The van der Waals surface area contributed by atoms with E-state index in [0.29, 0.717) is 11.2 Å². The summed E-state index contributed by atoms with van der Waals surface area (Å²) in [5.74, 6) is 1.03. The van der Waals surface area contributed by atoms with Gasteiger partial charge in [-0.3, -0.25) is 0 Å². The first-order valence-electron chi connectivity index (χ1n) is 5.23. The van der Waals surface area contributed by atoms with Crippen LogP contribution in [0.4, 0.5) is 5.13 Å². The van der Waals surface area contributed by atoms with Gasteiger partial charge >= 0.3 is 0 Å². The highest BCUT2D eigenvalue weighted by Crippen LogP contribution is 2.32. The molecular formula is C10H16N2OS2. The molecule has 1 aromatic rings. The van der Waals surface area contributed by atoms with Crippen LogP contribution in [0.3, 0.4) is 0 Å². The van der Waals surface area contributed by atoms with E-state index >= 15 is 0 Å². The third-order valence-electron chi connectivity index (χ3n) is 2.44. The van der Waals surface area contributed by atoms with Crippen LogP contribution in [0.15, 0.2) is 4.21 Å². The van der Waals surface area contributed by atoms with Gasteiger partial charge in [-0.05, 0) is 26.2 Å². The fourth-order valence-electron chi connectivity index (χ4n) is 1.64. The lowest BCUT2D eigenvalue weighted by atomic mass is 10.1. The summed E-state index contributed by atoms with van der Waals surface area (Å²) in [5, 5.41) is 0.666. The molecule has 2 heterocycles. The molecular weight excluding hydrogens is 228 g/mol. The number of aromatic nitrogens is 1. The molecule has 84 valence electrons. The first-order chi connectivity index (χ1) is 7.25. The van der Waals surface area contributed by atoms with Gasteiger partial charge in [-0.25, -0.2) is 4.98 Å². The zero-order valence-corrected chi connectivity index (χ0v) is 10.5. The van der Waals surface area contributed by atoms with Crippen LogP contribution in [0.2, 0.25) is 0 Å². The van der Waals surface area contributed by atoms with E-state index in [2.05, 4.69) is 4.98 Å². The van der Waals surface area contributed by atoms with Gasteiger partial charge in [0, 0.05) is 12.4 Å². The van der Waals surface area contributed by atoms with Crippen molar-refractivity contribution in [2.24, 2.45) is 0 Å². The average Bonchev–Trinajstić information content (AvgIpc) is 2.56. The van der Waals surface area contributed by atoms with Gasteiger partial charge in [-0.1, -0.05) is 11.3 Å². The molecule has 1 aliphatic rings. The molecule has 1 aliphatic heterocycles. The summed E-state index contributed by atoms with van der Waals surface area (Å²) in [6.45, 7) is 2.94. The molecule has 0 aliphatic carbocycles. The normalized spacial score (nSPS) is 21.8. The minimum Gasteiger partial charge on any atom is -0.377 e. The van der Waals surface area contributed by atoms with E-state index < -0.39 is 0 Å². The Hall–Kier alpha value is -0.260. The van der Waals surface area contributed by atoms with Crippen molar-refractivity contribution in [2.45, 2.75) is 36.5 Å². The summed E-state index contributed by atoms with van der Waals surface area (Å²) in [6, 6.07) is 0. The lowest BCUT2D eigenvalue weighted by Crippen LogP contribution is -2.21. The van der Waals surface area contributed by atoms with E-state index in [-0.39, 0.29) is 0 Å². The van der Waals surface area contributed by atoms with Crippen LogP contribution in [-0.4, -0.2) is 23.4 Å². The number of aryl methyl sites for hydroxylation is 1. The number of hydrogen-bond acceptors (Lipinski definition) is 5. The van der Waals surface area contributed by atoms with Gasteiger partial charge in [0.05, 0.1) is 16.0 Å². The molecule has 15 heavy (non-hydrogen) atoms. The minimum atomic E-state index is 0.423. The summed E-state index contributed by atoms with van der Waals surface area (Å²) < 4.78 is 6.92. The Balaban J connectivity index is 1.84. The molecule has 5 heteroatoms. The van der Waals surface area contributed by atoms with Crippen molar-refractivity contribution in [3.05, 3.63) is 5.69 Å². The summed E-state index contributed by atoms with van der Waals surface area (Å²) in [7, 11) is 0. The van der Waals surface area contributed by atoms with Gasteiger partial charge in [-0.15, -0.1) is 11.8 Å². The molecule has 0 bridgehead atoms. The van der Waals surface area contributed by atoms with Gasteiger partial charge in [0.25, 0.3) is 0 Å². The van der Waals surface area contributed by atoms with E-state index in [1.807, 2.05) is 18.7 Å². The molecule has 0 aromatic carbocycles. The highest BCUT2D eigenvalue weighted by atomic mass is 32.2. The van der Waals surface area contributed by atoms with Crippen LogP contribution in [-0.2, 0) is 4.74 Å². The lowest BCUT2D eigenvalue weighted by molar-refractivity contribution is 0.0315. The maximum absolute atomic E-state index is 5.68. The highest BCUT2D eigenvalue weighted by molar-refractivity contribution is 8.01. The summed E-state index contributed by atoms with van der Waals surface area (Å²) in [4.78, 5) is 4.21. The monoisotopic (exact) mass is 244 g/mol. The predicted octanol–water partition coefficient (Wildman–Crippen LogP) is 2.69. The molecule has 0 saturated carbocycles. The zero-order valence-electron chi connectivity index (χ0n) is 8.86. The molecule has 3 nitrogen and oxygen atoms in total. The highest BCUT2D eigenvalue weighted by Gasteiger charge is 2.15. The van der Waals surface area contributed by atoms with Gasteiger partial charge in [0.15, 0.2) is 5.13 Å². The Morgan fingerprint density at radius 2 is 2.47 bits per heavy atom. The van der Waals surface area contributed by atoms with Gasteiger partial charge in [0.2, 0.25) is 0 Å². The number of hydrogen-bond donors (Lipinski definition) is 1. The molecule has 1 unspecified atom stereocenters. The molecule has 0 amide bonds. The van der Waals surface area contributed by atoms with E-state index in [9.17, 15) is 0 Å². The number of nitrogens with two attached hydrogens (primary N) is 1. The van der Waals surface area contributed by atoms with Crippen molar-refractivity contribution in [2.75, 3.05) is 18.1 Å². The van der Waals surface area contributed by atoms with Crippen LogP contribution < -0.4 is 5.73 Å². The molecule has 1 atom stereocenters. The number of thiazole rings is 1. The van der Waals surface area contributed by atoms with Crippen LogP contribution in [0, 0.1) is 6.92 Å². The molecule has 2 N–H and O–H groups in total. The van der Waals surface area contributed by atoms with E-state index in [0.717, 1.165) is 18.1 Å². The van der Waals surface area contributed by atoms with E-state index in [1.165, 1.54) is 23.5 Å². The predicted molar refractivity (Wildman–Crippen MR) is 65.6 cm³/mol. The first kappa shape index (κ1) is 11.2. The topological polar surface area (TPSA) is 48.1 Å². The Kier molecular flexibility index (Phi) is 3.88. The van der Waals surface area contributed by atoms with Crippen LogP contribution >= 0.6 is 23.1 Å².